The number of fused-ring (bicyclic) bond motifs is 1. The zero-order chi connectivity index (χ0) is 19.8. The van der Waals surface area contributed by atoms with Gasteiger partial charge >= 0.3 is 0 Å². The average Bonchev–Trinajstić information content (AvgIpc) is 3.10. The number of methoxy groups -OCH3 is 2. The molecule has 2 aromatic carbocycles. The van der Waals surface area contributed by atoms with Crippen molar-refractivity contribution in [3.05, 3.63) is 54.1 Å². The van der Waals surface area contributed by atoms with Crippen LogP contribution in [0.1, 0.15) is 24.8 Å². The number of para-hydroxylation sites is 1. The summed E-state index contributed by atoms with van der Waals surface area (Å²) in [6, 6.07) is 16.2. The second-order valence-corrected chi connectivity index (χ2v) is 6.80. The summed E-state index contributed by atoms with van der Waals surface area (Å²) in [6.07, 6.45) is 3.05. The summed E-state index contributed by atoms with van der Waals surface area (Å²) in [6.45, 7) is 1.43. The van der Waals surface area contributed by atoms with E-state index in [1.807, 2.05) is 36.4 Å². The van der Waals surface area contributed by atoms with E-state index in [2.05, 4.69) is 22.4 Å². The number of nitrogens with one attached hydrogen (secondary N) is 2. The molecule has 1 aromatic heterocycles. The van der Waals surface area contributed by atoms with Crippen LogP contribution in [0.3, 0.4) is 0 Å². The number of H-pyrrole nitrogens is 1. The van der Waals surface area contributed by atoms with Gasteiger partial charge in [0.15, 0.2) is 0 Å². The first-order chi connectivity index (χ1) is 13.7. The van der Waals surface area contributed by atoms with Gasteiger partial charge < -0.3 is 19.8 Å². The predicted octanol–water partition coefficient (Wildman–Crippen LogP) is 4.32. The highest BCUT2D eigenvalue weighted by atomic mass is 16.5. The number of hydrogen-bond acceptors (Lipinski definition) is 3. The number of amides is 1. The Bertz CT molecular complexity index is 900. The van der Waals surface area contributed by atoms with E-state index in [-0.39, 0.29) is 5.91 Å². The molecule has 0 saturated heterocycles. The smallest absolute Gasteiger partial charge is 0.220 e. The number of benzene rings is 2. The van der Waals surface area contributed by atoms with Gasteiger partial charge in [-0.05, 0) is 60.7 Å². The highest BCUT2D eigenvalue weighted by molar-refractivity contribution is 5.91. The van der Waals surface area contributed by atoms with Crippen molar-refractivity contribution < 1.29 is 14.3 Å². The van der Waals surface area contributed by atoms with Crippen molar-refractivity contribution in [2.75, 3.05) is 27.4 Å². The molecule has 0 unspecified atom stereocenters. The number of aromatic amines is 1. The summed E-state index contributed by atoms with van der Waals surface area (Å²) < 4.78 is 10.3. The molecule has 0 spiro atoms. The minimum absolute atomic E-state index is 0.0865. The van der Waals surface area contributed by atoms with Crippen molar-refractivity contribution in [2.24, 2.45) is 0 Å². The van der Waals surface area contributed by atoms with Crippen LogP contribution in [0, 0.1) is 0 Å². The lowest BCUT2D eigenvalue weighted by Gasteiger charge is -2.08. The minimum atomic E-state index is 0.0865. The average molecular weight is 380 g/mol. The van der Waals surface area contributed by atoms with E-state index in [0.717, 1.165) is 42.0 Å². The third-order valence-electron chi connectivity index (χ3n) is 4.89. The molecule has 2 N–H and O–H groups in total. The first kappa shape index (κ1) is 20.0. The number of carbonyl (C=O) groups excluding carboxylic acids is 1. The normalized spacial score (nSPS) is 10.9. The van der Waals surface area contributed by atoms with Crippen molar-refractivity contribution in [2.45, 2.75) is 25.7 Å². The van der Waals surface area contributed by atoms with Crippen molar-refractivity contribution >= 4 is 16.8 Å². The molecule has 0 aliphatic carbocycles. The second kappa shape index (κ2) is 9.95. The Morgan fingerprint density at radius 3 is 2.57 bits per heavy atom. The number of aryl methyl sites for hydroxylation is 1. The van der Waals surface area contributed by atoms with E-state index in [1.165, 1.54) is 10.9 Å². The number of aromatic nitrogens is 1. The Morgan fingerprint density at radius 1 is 1.04 bits per heavy atom. The molecule has 0 fully saturated rings. The maximum absolute atomic E-state index is 12.3. The van der Waals surface area contributed by atoms with Crippen LogP contribution in [0.4, 0.5) is 0 Å². The predicted molar refractivity (Wildman–Crippen MR) is 113 cm³/mol. The van der Waals surface area contributed by atoms with Gasteiger partial charge in [-0.3, -0.25) is 4.79 Å². The van der Waals surface area contributed by atoms with E-state index < -0.39 is 0 Å². The Balaban J connectivity index is 1.73. The molecule has 3 rings (SSSR count). The van der Waals surface area contributed by atoms with Gasteiger partial charge in [0.2, 0.25) is 5.91 Å². The lowest BCUT2D eigenvalue weighted by Crippen LogP contribution is -2.24. The molecule has 5 nitrogen and oxygen atoms in total. The Hall–Kier alpha value is -2.79. The van der Waals surface area contributed by atoms with Gasteiger partial charge in [0.25, 0.3) is 0 Å². The van der Waals surface area contributed by atoms with Crippen LogP contribution < -0.4 is 10.1 Å². The van der Waals surface area contributed by atoms with E-state index >= 15 is 0 Å². The van der Waals surface area contributed by atoms with Gasteiger partial charge in [-0.2, -0.15) is 0 Å². The first-order valence-electron chi connectivity index (χ1n) is 9.72. The van der Waals surface area contributed by atoms with Gasteiger partial charge in [0.1, 0.15) is 5.75 Å². The van der Waals surface area contributed by atoms with Gasteiger partial charge in [-0.1, -0.05) is 18.2 Å². The van der Waals surface area contributed by atoms with Crippen LogP contribution in [-0.2, 0) is 16.0 Å². The van der Waals surface area contributed by atoms with Crippen molar-refractivity contribution in [3.8, 4) is 17.0 Å². The highest BCUT2D eigenvalue weighted by Gasteiger charge is 2.14. The third kappa shape index (κ3) is 4.93. The largest absolute Gasteiger partial charge is 0.497 e. The SMILES string of the molecule is COCCCCNC(=O)CCc1c(-c2ccc(OC)cc2)[nH]c2ccccc12. The van der Waals surface area contributed by atoms with E-state index in [9.17, 15) is 4.79 Å². The fourth-order valence-corrected chi connectivity index (χ4v) is 3.39. The molecule has 148 valence electrons. The molecular weight excluding hydrogens is 352 g/mol. The Kier molecular flexibility index (Phi) is 7.09. The summed E-state index contributed by atoms with van der Waals surface area (Å²) >= 11 is 0. The lowest BCUT2D eigenvalue weighted by atomic mass is 10.0. The molecule has 0 radical (unpaired) electrons. The molecule has 1 amide bonds. The summed E-state index contributed by atoms with van der Waals surface area (Å²) in [7, 11) is 3.36. The molecule has 28 heavy (non-hydrogen) atoms. The lowest BCUT2D eigenvalue weighted by molar-refractivity contribution is -0.121. The number of ether oxygens (including phenoxy) is 2. The fourth-order valence-electron chi connectivity index (χ4n) is 3.39. The highest BCUT2D eigenvalue weighted by Crippen LogP contribution is 2.32. The van der Waals surface area contributed by atoms with Crippen LogP contribution in [0.15, 0.2) is 48.5 Å². The summed E-state index contributed by atoms with van der Waals surface area (Å²) in [5.74, 6) is 0.914. The monoisotopic (exact) mass is 380 g/mol. The second-order valence-electron chi connectivity index (χ2n) is 6.80. The first-order valence-corrected chi connectivity index (χ1v) is 9.72. The van der Waals surface area contributed by atoms with Gasteiger partial charge in [-0.15, -0.1) is 0 Å². The van der Waals surface area contributed by atoms with E-state index in [4.69, 9.17) is 9.47 Å². The number of rotatable bonds is 10. The van der Waals surface area contributed by atoms with Crippen LogP contribution >= 0.6 is 0 Å². The van der Waals surface area contributed by atoms with Crippen molar-refractivity contribution in [1.29, 1.82) is 0 Å². The quantitative estimate of drug-likeness (QED) is 0.515. The molecule has 0 atom stereocenters. The summed E-state index contributed by atoms with van der Waals surface area (Å²) in [5.41, 5.74) is 4.42. The number of carbonyl (C=O) groups is 1. The zero-order valence-corrected chi connectivity index (χ0v) is 16.6. The van der Waals surface area contributed by atoms with Crippen LogP contribution in [-0.4, -0.2) is 38.3 Å². The van der Waals surface area contributed by atoms with Crippen LogP contribution in [0.25, 0.3) is 22.2 Å². The van der Waals surface area contributed by atoms with Crippen LogP contribution in [0.5, 0.6) is 5.75 Å². The van der Waals surface area contributed by atoms with Gasteiger partial charge in [-0.25, -0.2) is 0 Å². The van der Waals surface area contributed by atoms with E-state index in [0.29, 0.717) is 19.4 Å². The topological polar surface area (TPSA) is 63.4 Å². The molecule has 0 aliphatic rings. The number of hydrogen-bond donors (Lipinski definition) is 2. The molecule has 1 heterocycles. The minimum Gasteiger partial charge on any atom is -0.497 e. The van der Waals surface area contributed by atoms with Crippen molar-refractivity contribution in [1.82, 2.24) is 10.3 Å². The maximum atomic E-state index is 12.3. The summed E-state index contributed by atoms with van der Waals surface area (Å²) in [4.78, 5) is 15.8. The molecule has 0 bridgehead atoms. The molecule has 5 heteroatoms. The zero-order valence-electron chi connectivity index (χ0n) is 16.6. The van der Waals surface area contributed by atoms with Gasteiger partial charge in [0.05, 0.1) is 7.11 Å². The molecule has 0 saturated carbocycles. The molecule has 3 aromatic rings. The summed E-state index contributed by atoms with van der Waals surface area (Å²) in [5, 5.41) is 4.17. The number of unbranched alkanes of at least 4 members (excludes halogenated alkanes) is 1. The van der Waals surface area contributed by atoms with Gasteiger partial charge in [0, 0.05) is 43.3 Å². The third-order valence-corrected chi connectivity index (χ3v) is 4.89. The Labute approximate surface area is 166 Å². The fraction of sp³-hybridized carbons (Fsp3) is 0.348. The standard InChI is InChI=1S/C23H28N2O3/c1-27-16-6-5-15-24-22(26)14-13-20-19-7-3-4-8-21(19)25-23(20)17-9-11-18(28-2)12-10-17/h3-4,7-12,25H,5-6,13-16H2,1-2H3,(H,24,26). The molecular formula is C23H28N2O3. The van der Waals surface area contributed by atoms with Crippen molar-refractivity contribution in [3.63, 3.8) is 0 Å². The van der Waals surface area contributed by atoms with Crippen LogP contribution in [0.2, 0.25) is 0 Å². The van der Waals surface area contributed by atoms with E-state index in [1.54, 1.807) is 14.2 Å². The molecule has 0 aliphatic heterocycles. The Morgan fingerprint density at radius 2 is 1.82 bits per heavy atom. The maximum Gasteiger partial charge on any atom is 0.220 e.